The molecule has 4 atom stereocenters. The second-order valence-electron chi connectivity index (χ2n) is 4.52. The van der Waals surface area contributed by atoms with E-state index in [1.165, 1.54) is 18.1 Å². The average molecular weight is 298 g/mol. The number of nitrogens with zero attached hydrogens (tertiary/aromatic N) is 4. The van der Waals surface area contributed by atoms with E-state index >= 15 is 0 Å². The van der Waals surface area contributed by atoms with E-state index in [1.54, 1.807) is 4.57 Å². The number of aliphatic hydroxyl groups is 3. The molecule has 108 valence electrons. The normalized spacial score (nSPS) is 30.1. The van der Waals surface area contributed by atoms with Crippen LogP contribution in [-0.2, 0) is 0 Å². The molecule has 0 unspecified atom stereocenters. The van der Waals surface area contributed by atoms with Gasteiger partial charge in [0.1, 0.15) is 17.0 Å². The van der Waals surface area contributed by atoms with Gasteiger partial charge in [0, 0.05) is 0 Å². The topological polar surface area (TPSA) is 156 Å². The summed E-state index contributed by atoms with van der Waals surface area (Å²) < 4.78 is 1.58. The number of aliphatic hydroxyl groups excluding tert-OH is 3. The highest BCUT2D eigenvalue weighted by atomic mass is 32.2. The molecule has 0 bridgehead atoms. The Balaban J connectivity index is 2.07. The van der Waals surface area contributed by atoms with Gasteiger partial charge in [-0.2, -0.15) is 9.97 Å². The molecule has 3 heterocycles. The van der Waals surface area contributed by atoms with Crippen LogP contribution in [0.25, 0.3) is 11.2 Å². The van der Waals surface area contributed by atoms with E-state index in [0.717, 1.165) is 0 Å². The molecule has 0 saturated carbocycles. The standard InChI is InChI=1S/C10H14N6O3S/c11-7-4-8(15-10(12)14-7)16(2-13-4)9-6(19)5(18)3(1-17)20-9/h2-3,5-6,9,17-19H,1H2,(H4,11,12,14,15)/t3-,5-,6-,9-/m1/s1. The van der Waals surface area contributed by atoms with Gasteiger partial charge in [-0.3, -0.25) is 4.57 Å². The number of hydrogen-bond acceptors (Lipinski definition) is 9. The molecule has 1 aliphatic rings. The third-order valence-electron chi connectivity index (χ3n) is 3.26. The quantitative estimate of drug-likeness (QED) is 0.436. The number of nitrogen functional groups attached to an aromatic ring is 2. The molecule has 20 heavy (non-hydrogen) atoms. The lowest BCUT2D eigenvalue weighted by Crippen LogP contribution is -2.32. The summed E-state index contributed by atoms with van der Waals surface area (Å²) in [4.78, 5) is 12.0. The van der Waals surface area contributed by atoms with Crippen molar-refractivity contribution in [3.8, 4) is 0 Å². The van der Waals surface area contributed by atoms with Gasteiger partial charge in [0.2, 0.25) is 5.95 Å². The summed E-state index contributed by atoms with van der Waals surface area (Å²) in [5, 5.41) is 28.1. The van der Waals surface area contributed by atoms with Crippen molar-refractivity contribution in [3.63, 3.8) is 0 Å². The van der Waals surface area contributed by atoms with Crippen LogP contribution in [-0.4, -0.2) is 58.9 Å². The fraction of sp³-hybridized carbons (Fsp3) is 0.500. The number of rotatable bonds is 2. The summed E-state index contributed by atoms with van der Waals surface area (Å²) in [5.74, 6) is 0.163. The Morgan fingerprint density at radius 1 is 1.25 bits per heavy atom. The Morgan fingerprint density at radius 3 is 2.65 bits per heavy atom. The first-order chi connectivity index (χ1) is 9.52. The third-order valence-corrected chi connectivity index (χ3v) is 4.82. The van der Waals surface area contributed by atoms with Crippen LogP contribution in [0.2, 0.25) is 0 Å². The second kappa shape index (κ2) is 4.74. The summed E-state index contributed by atoms with van der Waals surface area (Å²) in [5.41, 5.74) is 12.1. The number of aromatic nitrogens is 4. The molecular weight excluding hydrogens is 284 g/mol. The minimum atomic E-state index is -1.05. The third kappa shape index (κ3) is 1.88. The molecule has 0 radical (unpaired) electrons. The summed E-state index contributed by atoms with van der Waals surface area (Å²) in [6.07, 6.45) is -0.612. The molecule has 1 aliphatic heterocycles. The number of thioether (sulfide) groups is 1. The predicted octanol–water partition coefficient (Wildman–Crippen LogP) is -1.68. The first-order valence-electron chi connectivity index (χ1n) is 5.91. The first kappa shape index (κ1) is 13.4. The number of anilines is 2. The monoisotopic (exact) mass is 298 g/mol. The maximum Gasteiger partial charge on any atom is 0.224 e. The molecule has 2 aromatic rings. The Hall–Kier alpha value is -1.62. The zero-order valence-electron chi connectivity index (χ0n) is 10.3. The lowest BCUT2D eigenvalue weighted by atomic mass is 10.1. The lowest BCUT2D eigenvalue weighted by molar-refractivity contribution is 0.0113. The van der Waals surface area contributed by atoms with Gasteiger partial charge in [-0.1, -0.05) is 0 Å². The van der Waals surface area contributed by atoms with Crippen molar-refractivity contribution in [1.82, 2.24) is 19.5 Å². The molecule has 0 amide bonds. The van der Waals surface area contributed by atoms with E-state index < -0.39 is 22.8 Å². The summed E-state index contributed by atoms with van der Waals surface area (Å²) >= 11 is 1.24. The number of nitrogens with two attached hydrogens (primary N) is 2. The van der Waals surface area contributed by atoms with Crippen molar-refractivity contribution < 1.29 is 15.3 Å². The lowest BCUT2D eigenvalue weighted by Gasteiger charge is -2.17. The summed E-state index contributed by atoms with van der Waals surface area (Å²) in [7, 11) is 0. The molecule has 9 nitrogen and oxygen atoms in total. The fourth-order valence-electron chi connectivity index (χ4n) is 2.25. The van der Waals surface area contributed by atoms with Gasteiger partial charge in [0.25, 0.3) is 0 Å². The summed E-state index contributed by atoms with van der Waals surface area (Å²) in [6.45, 7) is -0.231. The zero-order valence-corrected chi connectivity index (χ0v) is 11.1. The van der Waals surface area contributed by atoms with Crippen LogP contribution in [0.1, 0.15) is 5.37 Å². The van der Waals surface area contributed by atoms with E-state index in [0.29, 0.717) is 11.2 Å². The van der Waals surface area contributed by atoms with Gasteiger partial charge in [-0.05, 0) is 0 Å². The Morgan fingerprint density at radius 2 is 2.00 bits per heavy atom. The van der Waals surface area contributed by atoms with Crippen molar-refractivity contribution in [2.24, 2.45) is 0 Å². The highest BCUT2D eigenvalue weighted by Crippen LogP contribution is 2.42. The van der Waals surface area contributed by atoms with Crippen molar-refractivity contribution in [2.45, 2.75) is 22.8 Å². The van der Waals surface area contributed by atoms with E-state index in [2.05, 4.69) is 15.0 Å². The molecule has 3 rings (SSSR count). The van der Waals surface area contributed by atoms with Crippen LogP contribution in [0.15, 0.2) is 6.33 Å². The van der Waals surface area contributed by atoms with Crippen LogP contribution < -0.4 is 11.5 Å². The average Bonchev–Trinajstić information content (AvgIpc) is 2.93. The molecule has 10 heteroatoms. The number of hydrogen-bond donors (Lipinski definition) is 5. The Labute approximate surface area is 117 Å². The molecule has 0 spiro atoms. The predicted molar refractivity (Wildman–Crippen MR) is 73.7 cm³/mol. The molecule has 0 aliphatic carbocycles. The molecule has 1 fully saturated rings. The minimum Gasteiger partial charge on any atom is -0.395 e. The van der Waals surface area contributed by atoms with Crippen molar-refractivity contribution in [3.05, 3.63) is 6.33 Å². The number of imidazole rings is 1. The minimum absolute atomic E-state index is 0.00786. The van der Waals surface area contributed by atoms with Crippen LogP contribution in [0.3, 0.4) is 0 Å². The van der Waals surface area contributed by atoms with Gasteiger partial charge in [0.15, 0.2) is 11.5 Å². The van der Waals surface area contributed by atoms with Gasteiger partial charge < -0.3 is 26.8 Å². The van der Waals surface area contributed by atoms with Crippen LogP contribution in [0.5, 0.6) is 0 Å². The largest absolute Gasteiger partial charge is 0.395 e. The smallest absolute Gasteiger partial charge is 0.224 e. The van der Waals surface area contributed by atoms with E-state index in [9.17, 15) is 15.3 Å². The maximum absolute atomic E-state index is 10.1. The molecule has 1 saturated heterocycles. The Bertz CT molecular complexity index is 649. The Kier molecular flexibility index (Phi) is 3.17. The van der Waals surface area contributed by atoms with Gasteiger partial charge in [0.05, 0.1) is 24.3 Å². The number of fused-ring (bicyclic) bond motifs is 1. The summed E-state index contributed by atoms with van der Waals surface area (Å²) in [6, 6.07) is 0. The van der Waals surface area contributed by atoms with Gasteiger partial charge in [-0.15, -0.1) is 11.8 Å². The highest BCUT2D eigenvalue weighted by molar-refractivity contribution is 8.00. The fourth-order valence-corrected chi connectivity index (χ4v) is 3.63. The van der Waals surface area contributed by atoms with E-state index in [-0.39, 0.29) is 18.4 Å². The van der Waals surface area contributed by atoms with Gasteiger partial charge >= 0.3 is 0 Å². The first-order valence-corrected chi connectivity index (χ1v) is 6.85. The second-order valence-corrected chi connectivity index (χ2v) is 5.88. The van der Waals surface area contributed by atoms with Crippen molar-refractivity contribution >= 4 is 34.7 Å². The maximum atomic E-state index is 10.1. The van der Waals surface area contributed by atoms with Crippen molar-refractivity contribution in [1.29, 1.82) is 0 Å². The van der Waals surface area contributed by atoms with Gasteiger partial charge in [-0.25, -0.2) is 4.98 Å². The highest BCUT2D eigenvalue weighted by Gasteiger charge is 2.43. The van der Waals surface area contributed by atoms with E-state index in [1.807, 2.05) is 0 Å². The van der Waals surface area contributed by atoms with Crippen LogP contribution in [0.4, 0.5) is 11.8 Å². The molecular formula is C10H14N6O3S. The molecule has 7 N–H and O–H groups in total. The molecule has 2 aromatic heterocycles. The molecule has 0 aromatic carbocycles. The zero-order chi connectivity index (χ0) is 14.4. The van der Waals surface area contributed by atoms with Crippen LogP contribution >= 0.6 is 11.8 Å². The SMILES string of the molecule is Nc1nc(N)c2ncn([C@@H]3S[C@H](CO)[C@@H](O)[C@H]3O)c2n1. The van der Waals surface area contributed by atoms with E-state index in [4.69, 9.17) is 11.5 Å². The van der Waals surface area contributed by atoms with Crippen molar-refractivity contribution in [2.75, 3.05) is 18.1 Å². The van der Waals surface area contributed by atoms with Crippen LogP contribution in [0, 0.1) is 0 Å².